The highest BCUT2D eigenvalue weighted by Crippen LogP contribution is 2.20. The molecule has 0 unspecified atom stereocenters. The first-order chi connectivity index (χ1) is 9.66. The minimum absolute atomic E-state index is 0.0586. The molecule has 2 aromatic heterocycles. The maximum Gasteiger partial charge on any atom is 0.341 e. The third kappa shape index (κ3) is 4.03. The second-order valence-electron chi connectivity index (χ2n) is 4.12. The van der Waals surface area contributed by atoms with Gasteiger partial charge in [-0.15, -0.1) is 0 Å². The molecule has 20 heavy (non-hydrogen) atoms. The summed E-state index contributed by atoms with van der Waals surface area (Å²) in [6.07, 6.45) is 6.64. The number of nitrogens with zero attached hydrogens (tertiary/aromatic N) is 2. The van der Waals surface area contributed by atoms with Crippen molar-refractivity contribution >= 4 is 21.9 Å². The Morgan fingerprint density at radius 3 is 2.80 bits per heavy atom. The first-order valence-electron chi connectivity index (χ1n) is 6.07. The molecule has 0 aliphatic carbocycles. The van der Waals surface area contributed by atoms with Crippen LogP contribution >= 0.6 is 15.9 Å². The number of aromatic carboxylic acids is 1. The zero-order chi connectivity index (χ0) is 14.4. The van der Waals surface area contributed by atoms with Gasteiger partial charge in [0, 0.05) is 23.1 Å². The van der Waals surface area contributed by atoms with Crippen LogP contribution in [0, 0.1) is 0 Å². The number of rotatable bonds is 6. The Hall–Kier alpha value is -1.95. The average Bonchev–Trinajstić information content (AvgIpc) is 2.45. The molecule has 104 valence electrons. The van der Waals surface area contributed by atoms with Crippen molar-refractivity contribution in [1.82, 2.24) is 9.97 Å². The highest BCUT2D eigenvalue weighted by molar-refractivity contribution is 9.10. The van der Waals surface area contributed by atoms with Crippen LogP contribution in [-0.2, 0) is 6.42 Å². The number of aromatic nitrogens is 2. The van der Waals surface area contributed by atoms with Crippen molar-refractivity contribution in [3.8, 4) is 5.88 Å². The van der Waals surface area contributed by atoms with Crippen LogP contribution in [0.3, 0.4) is 0 Å². The summed E-state index contributed by atoms with van der Waals surface area (Å²) in [4.78, 5) is 19.0. The Kier molecular flexibility index (Phi) is 5.06. The van der Waals surface area contributed by atoms with E-state index in [4.69, 9.17) is 9.84 Å². The Labute approximate surface area is 124 Å². The molecule has 6 heteroatoms. The minimum Gasteiger partial charge on any atom is -0.477 e. The fourth-order valence-corrected chi connectivity index (χ4v) is 2.02. The summed E-state index contributed by atoms with van der Waals surface area (Å²) in [6, 6.07) is 5.37. The molecule has 0 atom stereocenters. The topological polar surface area (TPSA) is 72.3 Å². The van der Waals surface area contributed by atoms with Gasteiger partial charge in [-0.25, -0.2) is 9.78 Å². The summed E-state index contributed by atoms with van der Waals surface area (Å²) in [5.41, 5.74) is 1.23. The lowest BCUT2D eigenvalue weighted by Gasteiger charge is -2.08. The van der Waals surface area contributed by atoms with Gasteiger partial charge in [0.1, 0.15) is 5.56 Å². The van der Waals surface area contributed by atoms with Crippen molar-refractivity contribution in [2.45, 2.75) is 12.8 Å². The van der Waals surface area contributed by atoms with Gasteiger partial charge in [-0.05, 0) is 52.5 Å². The van der Waals surface area contributed by atoms with Gasteiger partial charge in [0.15, 0.2) is 0 Å². The van der Waals surface area contributed by atoms with E-state index in [9.17, 15) is 4.79 Å². The van der Waals surface area contributed by atoms with Gasteiger partial charge in [-0.1, -0.05) is 0 Å². The SMILES string of the molecule is O=C(O)c1cc(Br)cnc1OCCCc1ccncc1. The molecule has 0 aliphatic heterocycles. The minimum atomic E-state index is -1.05. The van der Waals surface area contributed by atoms with Crippen LogP contribution in [0.5, 0.6) is 5.88 Å². The molecule has 2 aromatic rings. The fourth-order valence-electron chi connectivity index (χ4n) is 1.69. The maximum atomic E-state index is 11.1. The number of hydrogen-bond donors (Lipinski definition) is 1. The van der Waals surface area contributed by atoms with Gasteiger partial charge in [0.25, 0.3) is 0 Å². The lowest BCUT2D eigenvalue weighted by molar-refractivity contribution is 0.0691. The van der Waals surface area contributed by atoms with Crippen LogP contribution in [0.1, 0.15) is 22.3 Å². The van der Waals surface area contributed by atoms with Crippen LogP contribution < -0.4 is 4.74 Å². The van der Waals surface area contributed by atoms with Gasteiger partial charge in [-0.2, -0.15) is 0 Å². The summed E-state index contributed by atoms with van der Waals surface area (Å²) < 4.78 is 6.06. The summed E-state index contributed by atoms with van der Waals surface area (Å²) in [5.74, 6) is -0.904. The molecule has 0 aromatic carbocycles. The van der Waals surface area contributed by atoms with E-state index in [0.717, 1.165) is 12.8 Å². The number of carboxylic acid groups (broad SMARTS) is 1. The second kappa shape index (κ2) is 7.00. The number of ether oxygens (including phenoxy) is 1. The van der Waals surface area contributed by atoms with E-state index in [1.807, 2.05) is 12.1 Å². The van der Waals surface area contributed by atoms with E-state index < -0.39 is 5.97 Å². The number of aryl methyl sites for hydroxylation is 1. The summed E-state index contributed by atoms with van der Waals surface area (Å²) in [7, 11) is 0. The molecule has 0 spiro atoms. The molecule has 0 bridgehead atoms. The van der Waals surface area contributed by atoms with Crippen LogP contribution in [0.15, 0.2) is 41.3 Å². The average molecular weight is 337 g/mol. The smallest absolute Gasteiger partial charge is 0.341 e. The molecule has 0 saturated carbocycles. The quantitative estimate of drug-likeness (QED) is 0.821. The number of carboxylic acids is 1. The predicted molar refractivity (Wildman–Crippen MR) is 76.9 cm³/mol. The van der Waals surface area contributed by atoms with E-state index >= 15 is 0 Å². The monoisotopic (exact) mass is 336 g/mol. The molecular formula is C14H13BrN2O3. The van der Waals surface area contributed by atoms with Crippen molar-refractivity contribution in [1.29, 1.82) is 0 Å². The number of halogens is 1. The summed E-state index contributed by atoms with van der Waals surface area (Å²) in [5, 5.41) is 9.08. The molecule has 5 nitrogen and oxygen atoms in total. The predicted octanol–water partition coefficient (Wildman–Crippen LogP) is 2.95. The Morgan fingerprint density at radius 2 is 2.10 bits per heavy atom. The van der Waals surface area contributed by atoms with E-state index in [1.54, 1.807) is 12.4 Å². The molecule has 0 fully saturated rings. The van der Waals surface area contributed by atoms with Crippen LogP contribution in [-0.4, -0.2) is 27.7 Å². The summed E-state index contributed by atoms with van der Waals surface area (Å²) in [6.45, 7) is 0.414. The van der Waals surface area contributed by atoms with Crippen LogP contribution in [0.2, 0.25) is 0 Å². The third-order valence-corrected chi connectivity index (χ3v) is 3.08. The standard InChI is InChI=1S/C14H13BrN2O3/c15-11-8-12(14(18)19)13(17-9-11)20-7-1-2-10-3-5-16-6-4-10/h3-6,8-9H,1-2,7H2,(H,18,19). The fraction of sp³-hybridized carbons (Fsp3) is 0.214. The van der Waals surface area contributed by atoms with E-state index in [-0.39, 0.29) is 11.4 Å². The van der Waals surface area contributed by atoms with Gasteiger partial charge in [0.05, 0.1) is 6.61 Å². The van der Waals surface area contributed by atoms with Gasteiger partial charge < -0.3 is 9.84 Å². The van der Waals surface area contributed by atoms with Gasteiger partial charge >= 0.3 is 5.97 Å². The lowest BCUT2D eigenvalue weighted by atomic mass is 10.1. The van der Waals surface area contributed by atoms with E-state index in [1.165, 1.54) is 17.8 Å². The molecule has 0 aliphatic rings. The van der Waals surface area contributed by atoms with E-state index in [0.29, 0.717) is 11.1 Å². The molecule has 0 saturated heterocycles. The maximum absolute atomic E-state index is 11.1. The Morgan fingerprint density at radius 1 is 1.35 bits per heavy atom. The van der Waals surface area contributed by atoms with Crippen molar-refractivity contribution in [2.24, 2.45) is 0 Å². The molecule has 1 N–H and O–H groups in total. The summed E-state index contributed by atoms with van der Waals surface area (Å²) >= 11 is 3.19. The first-order valence-corrected chi connectivity index (χ1v) is 6.86. The number of hydrogen-bond acceptors (Lipinski definition) is 4. The normalized spacial score (nSPS) is 10.2. The van der Waals surface area contributed by atoms with Crippen molar-refractivity contribution in [2.75, 3.05) is 6.61 Å². The molecular weight excluding hydrogens is 324 g/mol. The van der Waals surface area contributed by atoms with Crippen molar-refractivity contribution < 1.29 is 14.6 Å². The Balaban J connectivity index is 1.90. The van der Waals surface area contributed by atoms with Crippen LogP contribution in [0.25, 0.3) is 0 Å². The third-order valence-electron chi connectivity index (χ3n) is 2.65. The molecule has 2 rings (SSSR count). The highest BCUT2D eigenvalue weighted by atomic mass is 79.9. The Bertz CT molecular complexity index is 590. The van der Waals surface area contributed by atoms with E-state index in [2.05, 4.69) is 25.9 Å². The highest BCUT2D eigenvalue weighted by Gasteiger charge is 2.13. The van der Waals surface area contributed by atoms with Crippen LogP contribution in [0.4, 0.5) is 0 Å². The largest absolute Gasteiger partial charge is 0.477 e. The number of pyridine rings is 2. The first kappa shape index (κ1) is 14.5. The van der Waals surface area contributed by atoms with Gasteiger partial charge in [0.2, 0.25) is 5.88 Å². The lowest BCUT2D eigenvalue weighted by Crippen LogP contribution is -2.07. The van der Waals surface area contributed by atoms with Crippen molar-refractivity contribution in [3.63, 3.8) is 0 Å². The van der Waals surface area contributed by atoms with Crippen molar-refractivity contribution in [3.05, 3.63) is 52.4 Å². The second-order valence-corrected chi connectivity index (χ2v) is 5.03. The zero-order valence-electron chi connectivity index (χ0n) is 10.6. The zero-order valence-corrected chi connectivity index (χ0v) is 12.2. The molecule has 2 heterocycles. The van der Waals surface area contributed by atoms with Gasteiger partial charge in [-0.3, -0.25) is 4.98 Å². The molecule has 0 radical (unpaired) electrons. The number of carbonyl (C=O) groups is 1. The molecule has 0 amide bonds.